The van der Waals surface area contributed by atoms with Crippen molar-refractivity contribution in [2.24, 2.45) is 0 Å². The SMILES string of the molecule is COc1ccc2c(c1OC)C(=O)OC2c1c(O)n(-c2ccc(F)cc2)c(=O)[nH]c1=O. The summed E-state index contributed by atoms with van der Waals surface area (Å²) in [5, 5.41) is 10.8. The number of hydrogen-bond donors (Lipinski definition) is 2. The van der Waals surface area contributed by atoms with E-state index >= 15 is 0 Å². The van der Waals surface area contributed by atoms with E-state index in [1.54, 1.807) is 0 Å². The first-order valence-electron chi connectivity index (χ1n) is 8.67. The summed E-state index contributed by atoms with van der Waals surface area (Å²) >= 11 is 0. The first kappa shape index (κ1) is 19.2. The number of rotatable bonds is 4. The highest BCUT2D eigenvalue weighted by Crippen LogP contribution is 2.44. The average molecular weight is 414 g/mol. The Kier molecular flexibility index (Phi) is 4.53. The Morgan fingerprint density at radius 2 is 1.77 bits per heavy atom. The molecule has 0 saturated carbocycles. The smallest absolute Gasteiger partial charge is 0.343 e. The average Bonchev–Trinajstić information content (AvgIpc) is 3.04. The number of ether oxygens (including phenoxy) is 3. The van der Waals surface area contributed by atoms with Crippen LogP contribution in [0.5, 0.6) is 17.4 Å². The van der Waals surface area contributed by atoms with Gasteiger partial charge in [0.1, 0.15) is 16.9 Å². The van der Waals surface area contributed by atoms with Crippen LogP contribution < -0.4 is 20.7 Å². The zero-order valence-corrected chi connectivity index (χ0v) is 15.8. The third kappa shape index (κ3) is 2.81. The van der Waals surface area contributed by atoms with E-state index in [0.29, 0.717) is 0 Å². The monoisotopic (exact) mass is 414 g/mol. The van der Waals surface area contributed by atoms with Crippen LogP contribution in [0.2, 0.25) is 0 Å². The molecule has 1 aromatic heterocycles. The summed E-state index contributed by atoms with van der Waals surface area (Å²) in [6, 6.07) is 7.70. The largest absolute Gasteiger partial charge is 0.494 e. The van der Waals surface area contributed by atoms with Gasteiger partial charge in [-0.25, -0.2) is 18.5 Å². The van der Waals surface area contributed by atoms with Crippen LogP contribution >= 0.6 is 0 Å². The summed E-state index contributed by atoms with van der Waals surface area (Å²) in [5.74, 6) is -1.68. The Hall–Kier alpha value is -4.08. The molecule has 0 aliphatic carbocycles. The molecular formula is C20H15FN2O7. The molecule has 3 aromatic rings. The van der Waals surface area contributed by atoms with Gasteiger partial charge in [-0.1, -0.05) is 6.07 Å². The molecule has 2 heterocycles. The summed E-state index contributed by atoms with van der Waals surface area (Å²) in [6.07, 6.45) is -1.30. The van der Waals surface area contributed by atoms with Crippen LogP contribution in [0.15, 0.2) is 46.0 Å². The molecule has 0 fully saturated rings. The Balaban J connectivity index is 1.95. The number of esters is 1. The standard InChI is InChI=1S/C20H15FN2O7/c1-28-12-8-7-11-13(16(12)29-2)19(26)30-15(11)14-17(24)22-20(27)23(18(14)25)10-5-3-9(21)4-6-10/h3-8,15,25H,1-2H3,(H,22,24,27). The van der Waals surface area contributed by atoms with Crippen LogP contribution in [0.1, 0.15) is 27.6 Å². The van der Waals surface area contributed by atoms with Crippen molar-refractivity contribution in [3.63, 3.8) is 0 Å². The van der Waals surface area contributed by atoms with Crippen molar-refractivity contribution >= 4 is 5.97 Å². The lowest BCUT2D eigenvalue weighted by Gasteiger charge is -2.16. The number of halogens is 1. The van der Waals surface area contributed by atoms with Crippen molar-refractivity contribution < 1.29 is 28.5 Å². The Labute approximate surface area is 167 Å². The first-order chi connectivity index (χ1) is 14.4. The highest BCUT2D eigenvalue weighted by Gasteiger charge is 2.40. The molecule has 4 rings (SSSR count). The minimum atomic E-state index is -1.30. The predicted molar refractivity (Wildman–Crippen MR) is 101 cm³/mol. The summed E-state index contributed by atoms with van der Waals surface area (Å²) in [6.45, 7) is 0. The van der Waals surface area contributed by atoms with Gasteiger partial charge in [-0.3, -0.25) is 9.78 Å². The number of carbonyl (C=O) groups is 1. The van der Waals surface area contributed by atoms with E-state index in [2.05, 4.69) is 4.98 Å². The maximum Gasteiger partial charge on any atom is 0.343 e. The molecule has 0 saturated heterocycles. The lowest BCUT2D eigenvalue weighted by atomic mass is 9.99. The number of carbonyl (C=O) groups excluding carboxylic acids is 1. The van der Waals surface area contributed by atoms with Crippen molar-refractivity contribution in [3.05, 3.63) is 79.7 Å². The Bertz CT molecular complexity index is 1280. The highest BCUT2D eigenvalue weighted by atomic mass is 19.1. The molecule has 1 aliphatic rings. The number of aromatic nitrogens is 2. The van der Waals surface area contributed by atoms with Crippen LogP contribution in [0.4, 0.5) is 4.39 Å². The zero-order valence-electron chi connectivity index (χ0n) is 15.8. The van der Waals surface area contributed by atoms with E-state index < -0.39 is 35.0 Å². The van der Waals surface area contributed by atoms with Gasteiger partial charge in [0.25, 0.3) is 5.56 Å². The van der Waals surface area contributed by atoms with E-state index in [-0.39, 0.29) is 33.9 Å². The molecule has 1 aliphatic heterocycles. The van der Waals surface area contributed by atoms with Crippen molar-refractivity contribution in [1.82, 2.24) is 9.55 Å². The van der Waals surface area contributed by atoms with Crippen LogP contribution in [0, 0.1) is 5.82 Å². The molecule has 9 nitrogen and oxygen atoms in total. The Morgan fingerprint density at radius 3 is 2.40 bits per heavy atom. The summed E-state index contributed by atoms with van der Waals surface area (Å²) in [4.78, 5) is 39.5. The second kappa shape index (κ2) is 7.07. The van der Waals surface area contributed by atoms with Gasteiger partial charge in [0.2, 0.25) is 5.88 Å². The Morgan fingerprint density at radius 1 is 1.07 bits per heavy atom. The van der Waals surface area contributed by atoms with Crippen molar-refractivity contribution in [1.29, 1.82) is 0 Å². The number of benzene rings is 2. The van der Waals surface area contributed by atoms with E-state index in [0.717, 1.165) is 16.7 Å². The van der Waals surface area contributed by atoms with E-state index in [1.165, 1.54) is 38.5 Å². The fourth-order valence-corrected chi connectivity index (χ4v) is 3.42. The quantitative estimate of drug-likeness (QED) is 0.623. The van der Waals surface area contributed by atoms with Gasteiger partial charge >= 0.3 is 11.7 Å². The maximum absolute atomic E-state index is 13.2. The molecule has 1 unspecified atom stereocenters. The third-order valence-electron chi connectivity index (χ3n) is 4.76. The topological polar surface area (TPSA) is 120 Å². The molecule has 0 spiro atoms. The second-order valence-electron chi connectivity index (χ2n) is 6.36. The number of H-pyrrole nitrogens is 1. The van der Waals surface area contributed by atoms with Gasteiger partial charge in [-0.05, 0) is 30.3 Å². The molecule has 10 heteroatoms. The maximum atomic E-state index is 13.2. The van der Waals surface area contributed by atoms with Gasteiger partial charge < -0.3 is 19.3 Å². The first-order valence-corrected chi connectivity index (χ1v) is 8.67. The molecule has 2 N–H and O–H groups in total. The number of fused-ring (bicyclic) bond motifs is 1. The summed E-state index contributed by atoms with van der Waals surface area (Å²) < 4.78 is 29.8. The lowest BCUT2D eigenvalue weighted by Crippen LogP contribution is -2.32. The molecule has 154 valence electrons. The van der Waals surface area contributed by atoms with Gasteiger partial charge in [-0.15, -0.1) is 0 Å². The zero-order chi connectivity index (χ0) is 21.6. The predicted octanol–water partition coefficient (Wildman–Crippen LogP) is 1.65. The van der Waals surface area contributed by atoms with Crippen molar-refractivity contribution in [2.75, 3.05) is 14.2 Å². The number of aromatic hydroxyl groups is 1. The highest BCUT2D eigenvalue weighted by molar-refractivity contribution is 5.98. The molecule has 0 radical (unpaired) electrons. The van der Waals surface area contributed by atoms with Crippen molar-refractivity contribution in [3.8, 4) is 23.1 Å². The fourth-order valence-electron chi connectivity index (χ4n) is 3.42. The summed E-state index contributed by atoms with van der Waals surface area (Å²) in [5.41, 5.74) is -1.84. The molecule has 1 atom stereocenters. The molecule has 0 bridgehead atoms. The van der Waals surface area contributed by atoms with Gasteiger partial charge in [0.15, 0.2) is 17.6 Å². The van der Waals surface area contributed by atoms with E-state index in [9.17, 15) is 23.9 Å². The minimum absolute atomic E-state index is 0.0418. The van der Waals surface area contributed by atoms with Crippen molar-refractivity contribution in [2.45, 2.75) is 6.10 Å². The molecule has 2 aromatic carbocycles. The van der Waals surface area contributed by atoms with Crippen LogP contribution in [0.3, 0.4) is 0 Å². The number of cyclic esters (lactones) is 1. The third-order valence-corrected chi connectivity index (χ3v) is 4.76. The minimum Gasteiger partial charge on any atom is -0.494 e. The van der Waals surface area contributed by atoms with Crippen LogP contribution in [0.25, 0.3) is 5.69 Å². The molecular weight excluding hydrogens is 399 g/mol. The molecule has 30 heavy (non-hydrogen) atoms. The van der Waals surface area contributed by atoms with Crippen LogP contribution in [-0.4, -0.2) is 34.8 Å². The van der Waals surface area contributed by atoms with Gasteiger partial charge in [0.05, 0.1) is 19.9 Å². The number of nitrogens with zero attached hydrogens (tertiary/aromatic N) is 1. The summed E-state index contributed by atoms with van der Waals surface area (Å²) in [7, 11) is 2.74. The normalized spacial score (nSPS) is 14.9. The number of aromatic amines is 1. The molecule has 0 amide bonds. The number of hydrogen-bond acceptors (Lipinski definition) is 7. The lowest BCUT2D eigenvalue weighted by molar-refractivity contribution is 0.0447. The van der Waals surface area contributed by atoms with Crippen LogP contribution in [-0.2, 0) is 4.74 Å². The van der Waals surface area contributed by atoms with E-state index in [4.69, 9.17) is 14.2 Å². The number of nitrogens with one attached hydrogen (secondary N) is 1. The van der Waals surface area contributed by atoms with Gasteiger partial charge in [0, 0.05) is 5.56 Å². The fraction of sp³-hybridized carbons (Fsp3) is 0.150. The number of methoxy groups -OCH3 is 2. The van der Waals surface area contributed by atoms with E-state index in [1.807, 2.05) is 0 Å². The van der Waals surface area contributed by atoms with Gasteiger partial charge in [-0.2, -0.15) is 0 Å². The second-order valence-corrected chi connectivity index (χ2v) is 6.36.